The number of carbonyl (C=O) groups excluding carboxylic acids is 2. The zero-order valence-electron chi connectivity index (χ0n) is 17.8. The quantitative estimate of drug-likeness (QED) is 0.542. The van der Waals surface area contributed by atoms with E-state index in [1.54, 1.807) is 31.2 Å². The van der Waals surface area contributed by atoms with Gasteiger partial charge in [-0.2, -0.15) is 0 Å². The Morgan fingerprint density at radius 1 is 1.00 bits per heavy atom. The van der Waals surface area contributed by atoms with Gasteiger partial charge in [-0.15, -0.1) is 0 Å². The van der Waals surface area contributed by atoms with Crippen LogP contribution in [0.2, 0.25) is 15.1 Å². The number of carbonyl (C=O) groups is 2. The van der Waals surface area contributed by atoms with Crippen LogP contribution in [0, 0.1) is 0 Å². The van der Waals surface area contributed by atoms with Gasteiger partial charge >= 0.3 is 0 Å². The number of likely N-dealkylation sites (N-methyl/N-ethyl adjacent to an activating group) is 1. The van der Waals surface area contributed by atoms with Crippen LogP contribution in [-0.2, 0) is 26.2 Å². The topological polar surface area (TPSA) is 86.8 Å². The Kier molecular flexibility index (Phi) is 9.21. The van der Waals surface area contributed by atoms with E-state index in [2.05, 4.69) is 5.32 Å². The Bertz CT molecular complexity index is 1060. The van der Waals surface area contributed by atoms with Gasteiger partial charge in [-0.05, 0) is 42.3 Å². The molecule has 0 bridgehead atoms. The molecule has 0 aliphatic heterocycles. The first kappa shape index (κ1) is 26.3. The summed E-state index contributed by atoms with van der Waals surface area (Å²) in [6.45, 7) is 1.33. The number of nitrogens with zero attached hydrogens (tertiary/aromatic N) is 2. The Hall–Kier alpha value is -2.00. The van der Waals surface area contributed by atoms with E-state index in [0.29, 0.717) is 11.4 Å². The maximum Gasteiger partial charge on any atom is 0.244 e. The zero-order valence-corrected chi connectivity index (χ0v) is 20.9. The highest BCUT2D eigenvalue weighted by Crippen LogP contribution is 2.27. The molecule has 0 radical (unpaired) electrons. The number of nitrogens with one attached hydrogen (secondary N) is 1. The molecule has 0 saturated carbocycles. The Morgan fingerprint density at radius 2 is 1.56 bits per heavy atom. The molecule has 0 aliphatic rings. The first-order valence-corrected chi connectivity index (χ1v) is 12.6. The minimum atomic E-state index is -3.87. The van der Waals surface area contributed by atoms with E-state index >= 15 is 0 Å². The van der Waals surface area contributed by atoms with Gasteiger partial charge in [-0.1, -0.05) is 53.9 Å². The standard InChI is InChI=1S/C21H24Cl3N3O4S/c1-4-19(21(29)25-2)26(12-14-5-7-15(22)8-6-14)20(28)13-27(32(3,30)31)18-10-16(23)9-17(24)11-18/h5-11,19H,4,12-13H2,1-3H3,(H,25,29)/t19-/m1/s1. The Morgan fingerprint density at radius 3 is 2.03 bits per heavy atom. The molecule has 0 aromatic heterocycles. The maximum atomic E-state index is 13.4. The first-order valence-electron chi connectivity index (χ1n) is 9.65. The predicted octanol–water partition coefficient (Wildman–Crippen LogP) is 3.97. The molecule has 0 spiro atoms. The largest absolute Gasteiger partial charge is 0.357 e. The van der Waals surface area contributed by atoms with Gasteiger partial charge in [-0.25, -0.2) is 8.42 Å². The smallest absolute Gasteiger partial charge is 0.244 e. The van der Waals surface area contributed by atoms with Crippen molar-refractivity contribution in [3.63, 3.8) is 0 Å². The van der Waals surface area contributed by atoms with Gasteiger partial charge in [0.15, 0.2) is 0 Å². The third kappa shape index (κ3) is 7.00. The summed E-state index contributed by atoms with van der Waals surface area (Å²) < 4.78 is 25.9. The molecule has 0 unspecified atom stereocenters. The van der Waals surface area contributed by atoms with Gasteiger partial charge in [0.05, 0.1) is 11.9 Å². The lowest BCUT2D eigenvalue weighted by Gasteiger charge is -2.32. The second kappa shape index (κ2) is 11.2. The summed E-state index contributed by atoms with van der Waals surface area (Å²) in [5, 5.41) is 3.54. The number of rotatable bonds is 9. The van der Waals surface area contributed by atoms with E-state index < -0.39 is 28.5 Å². The van der Waals surface area contributed by atoms with Crippen molar-refractivity contribution >= 4 is 62.3 Å². The molecule has 0 heterocycles. The van der Waals surface area contributed by atoms with Crippen LogP contribution in [0.4, 0.5) is 5.69 Å². The highest BCUT2D eigenvalue weighted by molar-refractivity contribution is 7.92. The second-order valence-electron chi connectivity index (χ2n) is 7.08. The molecule has 174 valence electrons. The van der Waals surface area contributed by atoms with Gasteiger partial charge in [0.25, 0.3) is 0 Å². The van der Waals surface area contributed by atoms with Crippen LogP contribution in [0.3, 0.4) is 0 Å². The summed E-state index contributed by atoms with van der Waals surface area (Å²) in [6.07, 6.45) is 1.32. The molecule has 0 aliphatic carbocycles. The van der Waals surface area contributed by atoms with E-state index in [1.165, 1.54) is 30.1 Å². The highest BCUT2D eigenvalue weighted by Gasteiger charge is 2.31. The maximum absolute atomic E-state index is 13.4. The minimum absolute atomic E-state index is 0.0931. The molecular weight excluding hydrogens is 497 g/mol. The Labute approximate surface area is 203 Å². The van der Waals surface area contributed by atoms with Crippen molar-refractivity contribution in [2.24, 2.45) is 0 Å². The SMILES string of the molecule is CC[C@H](C(=O)NC)N(Cc1ccc(Cl)cc1)C(=O)CN(c1cc(Cl)cc(Cl)c1)S(C)(=O)=O. The van der Waals surface area contributed by atoms with E-state index in [0.717, 1.165) is 16.1 Å². The lowest BCUT2D eigenvalue weighted by Crippen LogP contribution is -2.51. The van der Waals surface area contributed by atoms with Crippen molar-refractivity contribution in [3.05, 3.63) is 63.1 Å². The fourth-order valence-corrected chi connectivity index (χ4v) is 4.64. The van der Waals surface area contributed by atoms with Crippen LogP contribution in [0.25, 0.3) is 0 Å². The average molecular weight is 521 g/mol. The number of hydrogen-bond acceptors (Lipinski definition) is 4. The van der Waals surface area contributed by atoms with Crippen LogP contribution in [0.15, 0.2) is 42.5 Å². The number of sulfonamides is 1. The number of amides is 2. The van der Waals surface area contributed by atoms with Gasteiger partial charge in [-0.3, -0.25) is 13.9 Å². The highest BCUT2D eigenvalue weighted by atomic mass is 35.5. The summed E-state index contributed by atoms with van der Waals surface area (Å²) in [4.78, 5) is 27.2. The van der Waals surface area contributed by atoms with Crippen LogP contribution in [0.1, 0.15) is 18.9 Å². The normalized spacial score (nSPS) is 12.2. The molecule has 2 rings (SSSR count). The third-order valence-electron chi connectivity index (χ3n) is 4.71. The van der Waals surface area contributed by atoms with Gasteiger partial charge in [0.2, 0.25) is 21.8 Å². The summed E-state index contributed by atoms with van der Waals surface area (Å²) in [7, 11) is -2.39. The molecule has 11 heteroatoms. The van der Waals surface area contributed by atoms with Crippen molar-refractivity contribution in [2.75, 3.05) is 24.2 Å². The summed E-state index contributed by atoms with van der Waals surface area (Å²) in [6, 6.07) is 10.3. The summed E-state index contributed by atoms with van der Waals surface area (Å²) in [5.74, 6) is -0.913. The molecule has 2 amide bonds. The molecule has 0 fully saturated rings. The van der Waals surface area contributed by atoms with Crippen molar-refractivity contribution in [2.45, 2.75) is 25.9 Å². The van der Waals surface area contributed by atoms with E-state index in [1.807, 2.05) is 0 Å². The van der Waals surface area contributed by atoms with Crippen molar-refractivity contribution < 1.29 is 18.0 Å². The molecule has 32 heavy (non-hydrogen) atoms. The molecule has 2 aromatic rings. The molecule has 0 saturated heterocycles. The molecule has 1 atom stereocenters. The van der Waals surface area contributed by atoms with Gasteiger partial charge in [0.1, 0.15) is 12.6 Å². The molecular formula is C21H24Cl3N3O4S. The van der Waals surface area contributed by atoms with E-state index in [9.17, 15) is 18.0 Å². The predicted molar refractivity (Wildman–Crippen MR) is 129 cm³/mol. The van der Waals surface area contributed by atoms with Crippen LogP contribution in [-0.4, -0.2) is 51.0 Å². The molecule has 7 nitrogen and oxygen atoms in total. The van der Waals surface area contributed by atoms with Gasteiger partial charge < -0.3 is 10.2 Å². The molecule has 1 N–H and O–H groups in total. The average Bonchev–Trinajstić information content (AvgIpc) is 2.71. The molecule has 2 aromatic carbocycles. The first-order chi connectivity index (χ1) is 15.0. The third-order valence-corrected chi connectivity index (χ3v) is 6.54. The van der Waals surface area contributed by atoms with E-state index in [-0.39, 0.29) is 28.2 Å². The van der Waals surface area contributed by atoms with E-state index in [4.69, 9.17) is 34.8 Å². The summed E-state index contributed by atoms with van der Waals surface area (Å²) in [5.41, 5.74) is 0.889. The number of benzene rings is 2. The minimum Gasteiger partial charge on any atom is -0.357 e. The monoisotopic (exact) mass is 519 g/mol. The van der Waals surface area contributed by atoms with Crippen molar-refractivity contribution in [3.8, 4) is 0 Å². The second-order valence-corrected chi connectivity index (χ2v) is 10.3. The fraction of sp³-hybridized carbons (Fsp3) is 0.333. The lowest BCUT2D eigenvalue weighted by atomic mass is 10.1. The Balaban J connectivity index is 2.45. The number of hydrogen-bond donors (Lipinski definition) is 1. The number of halogens is 3. The fourth-order valence-electron chi connectivity index (χ4n) is 3.17. The summed E-state index contributed by atoms with van der Waals surface area (Å²) >= 11 is 18.0. The van der Waals surface area contributed by atoms with Crippen molar-refractivity contribution in [1.82, 2.24) is 10.2 Å². The van der Waals surface area contributed by atoms with Crippen LogP contribution >= 0.6 is 34.8 Å². The zero-order chi connectivity index (χ0) is 24.1. The van der Waals surface area contributed by atoms with Crippen molar-refractivity contribution in [1.29, 1.82) is 0 Å². The van der Waals surface area contributed by atoms with Crippen LogP contribution in [0.5, 0.6) is 0 Å². The van der Waals surface area contributed by atoms with Gasteiger partial charge in [0, 0.05) is 28.7 Å². The number of anilines is 1. The lowest BCUT2D eigenvalue weighted by molar-refractivity contribution is -0.140. The van der Waals surface area contributed by atoms with Crippen LogP contribution < -0.4 is 9.62 Å².